The minimum absolute atomic E-state index is 0.312. The number of benzene rings is 1. The highest BCUT2D eigenvalue weighted by Crippen LogP contribution is 2.44. The monoisotopic (exact) mass is 433 g/mol. The van der Waals surface area contributed by atoms with E-state index in [1.54, 1.807) is 24.5 Å². The molecule has 0 atom stereocenters. The number of hydrogen-bond donors (Lipinski definition) is 1. The molecule has 1 amide bonds. The molecule has 0 unspecified atom stereocenters. The van der Waals surface area contributed by atoms with Gasteiger partial charge in [0.15, 0.2) is 0 Å². The first kappa shape index (κ1) is 19.5. The number of hydrogen-bond acceptors (Lipinski definition) is 4. The van der Waals surface area contributed by atoms with Gasteiger partial charge in [-0.2, -0.15) is 0 Å². The van der Waals surface area contributed by atoms with E-state index in [1.165, 1.54) is 12.1 Å². The minimum Gasteiger partial charge on any atom is -0.482 e. The molecule has 1 aromatic carbocycles. The highest BCUT2D eigenvalue weighted by Gasteiger charge is 2.38. The van der Waals surface area contributed by atoms with Gasteiger partial charge in [-0.05, 0) is 56.3 Å². The molecule has 5 rings (SSSR count). The summed E-state index contributed by atoms with van der Waals surface area (Å²) in [6.07, 6.45) is 5.30. The summed E-state index contributed by atoms with van der Waals surface area (Å²) in [7, 11) is 0. The number of carbonyl (C=O) groups excluding carboxylic acids is 1. The lowest BCUT2D eigenvalue weighted by atomic mass is 9.93. The fourth-order valence-electron chi connectivity index (χ4n) is 3.86. The number of rotatable bonds is 2. The van der Waals surface area contributed by atoms with Crippen LogP contribution in [0.4, 0.5) is 10.1 Å². The molecule has 0 saturated heterocycles. The number of ether oxygens (including phenoxy) is 1. The zero-order chi connectivity index (χ0) is 21.8. The van der Waals surface area contributed by atoms with Crippen molar-refractivity contribution < 1.29 is 13.9 Å². The van der Waals surface area contributed by atoms with Gasteiger partial charge in [-0.15, -0.1) is 0 Å². The molecule has 0 fully saturated rings. The molecule has 7 heteroatoms. The quantitative estimate of drug-likeness (QED) is 0.428. The molecule has 0 radical (unpaired) electrons. The predicted octanol–water partition coefficient (Wildman–Crippen LogP) is 5.49. The average Bonchev–Trinajstić information content (AvgIpc) is 3.23. The van der Waals surface area contributed by atoms with Crippen LogP contribution in [0.2, 0.25) is 5.15 Å². The van der Waals surface area contributed by atoms with Gasteiger partial charge in [-0.3, -0.25) is 9.78 Å². The second-order valence-electron chi connectivity index (χ2n) is 7.86. The Balaban J connectivity index is 1.54. The molecule has 1 N–H and O–H groups in total. The average molecular weight is 434 g/mol. The molecule has 3 aromatic rings. The van der Waals surface area contributed by atoms with Gasteiger partial charge in [0, 0.05) is 34.7 Å². The van der Waals surface area contributed by atoms with E-state index in [0.29, 0.717) is 27.7 Å². The van der Waals surface area contributed by atoms with Crippen LogP contribution in [-0.4, -0.2) is 21.5 Å². The van der Waals surface area contributed by atoms with Crippen LogP contribution < -0.4 is 5.32 Å². The van der Waals surface area contributed by atoms with E-state index < -0.39 is 11.4 Å². The summed E-state index contributed by atoms with van der Waals surface area (Å²) in [5, 5.41) is 3.13. The Morgan fingerprint density at radius 2 is 1.81 bits per heavy atom. The number of carbonyl (C=O) groups is 1. The van der Waals surface area contributed by atoms with E-state index in [4.69, 9.17) is 16.3 Å². The molecule has 0 saturated carbocycles. The lowest BCUT2D eigenvalue weighted by Crippen LogP contribution is -2.21. The standard InChI is InChI=1S/C24H17ClFN3O2/c1-24(2)17(13-3-7-18(27-11-13)14-4-8-21(25)28-12-14)10-20(31-24)22-16-6-5-15(26)9-19(16)29-23(22)30/h3-12H,1-2H3,(H,29,30). The van der Waals surface area contributed by atoms with E-state index in [9.17, 15) is 9.18 Å². The number of fused-ring (bicyclic) bond motifs is 1. The molecule has 2 aliphatic rings. The lowest BCUT2D eigenvalue weighted by molar-refractivity contribution is -0.111. The molecular formula is C24H17ClFN3O2. The van der Waals surface area contributed by atoms with Gasteiger partial charge in [-0.1, -0.05) is 17.7 Å². The van der Waals surface area contributed by atoms with Crippen LogP contribution in [0.3, 0.4) is 0 Å². The summed E-state index contributed by atoms with van der Waals surface area (Å²) in [6, 6.07) is 11.7. The Labute approximate surface area is 183 Å². The maximum atomic E-state index is 13.5. The van der Waals surface area contributed by atoms with Crippen molar-refractivity contribution in [2.24, 2.45) is 0 Å². The van der Waals surface area contributed by atoms with Gasteiger partial charge >= 0.3 is 0 Å². The van der Waals surface area contributed by atoms with Crippen molar-refractivity contribution in [3.8, 4) is 11.3 Å². The summed E-state index contributed by atoms with van der Waals surface area (Å²) in [4.78, 5) is 21.2. The van der Waals surface area contributed by atoms with Crippen LogP contribution >= 0.6 is 11.6 Å². The van der Waals surface area contributed by atoms with Gasteiger partial charge in [0.25, 0.3) is 5.91 Å². The minimum atomic E-state index is -0.670. The third-order valence-electron chi connectivity index (χ3n) is 5.36. The fourth-order valence-corrected chi connectivity index (χ4v) is 3.97. The van der Waals surface area contributed by atoms with Crippen LogP contribution in [0, 0.1) is 5.82 Å². The third kappa shape index (κ3) is 3.39. The van der Waals surface area contributed by atoms with Crippen LogP contribution in [0.25, 0.3) is 22.4 Å². The molecule has 0 aliphatic carbocycles. The molecule has 2 aromatic heterocycles. The number of pyridine rings is 2. The van der Waals surface area contributed by atoms with Crippen molar-refractivity contribution in [2.75, 3.05) is 5.32 Å². The zero-order valence-electron chi connectivity index (χ0n) is 16.7. The van der Waals surface area contributed by atoms with Crippen LogP contribution in [0.1, 0.15) is 25.0 Å². The number of anilines is 1. The normalized spacial score (nSPS) is 19.0. The molecule has 154 valence electrons. The first-order chi connectivity index (χ1) is 14.8. The third-order valence-corrected chi connectivity index (χ3v) is 5.58. The second kappa shape index (κ2) is 7.03. The maximum Gasteiger partial charge on any atom is 0.260 e. The van der Waals surface area contributed by atoms with E-state index in [-0.39, 0.29) is 5.91 Å². The molecule has 0 bridgehead atoms. The number of amides is 1. The lowest BCUT2D eigenvalue weighted by Gasteiger charge is -2.23. The summed E-state index contributed by atoms with van der Waals surface area (Å²) in [6.45, 7) is 3.86. The highest BCUT2D eigenvalue weighted by atomic mass is 35.5. The maximum absolute atomic E-state index is 13.5. The van der Waals surface area contributed by atoms with Crippen LogP contribution in [0.15, 0.2) is 66.7 Å². The van der Waals surface area contributed by atoms with E-state index >= 15 is 0 Å². The number of aromatic nitrogens is 2. The second-order valence-corrected chi connectivity index (χ2v) is 8.24. The van der Waals surface area contributed by atoms with Gasteiger partial charge < -0.3 is 10.1 Å². The van der Waals surface area contributed by atoms with E-state index in [0.717, 1.165) is 22.4 Å². The first-order valence-electron chi connectivity index (χ1n) is 9.67. The molecule has 4 heterocycles. The fraction of sp³-hybridized carbons (Fsp3) is 0.125. The summed E-state index contributed by atoms with van der Waals surface area (Å²) in [5.74, 6) is -0.266. The molecular weight excluding hydrogens is 417 g/mol. The SMILES string of the molecule is CC1(C)OC(=C2C(=O)Nc3cc(F)ccc32)C=C1c1ccc(-c2ccc(Cl)nc2)nc1. The Hall–Kier alpha value is -3.51. The van der Waals surface area contributed by atoms with Gasteiger partial charge in [0.2, 0.25) is 0 Å². The van der Waals surface area contributed by atoms with E-state index in [1.807, 2.05) is 38.1 Å². The summed E-state index contributed by atoms with van der Waals surface area (Å²) < 4.78 is 19.7. The van der Waals surface area contributed by atoms with Gasteiger partial charge in [-0.25, -0.2) is 9.37 Å². The zero-order valence-corrected chi connectivity index (χ0v) is 17.5. The van der Waals surface area contributed by atoms with Gasteiger partial charge in [0.05, 0.1) is 17.0 Å². The van der Waals surface area contributed by atoms with Crippen molar-refractivity contribution >= 4 is 34.3 Å². The molecule has 0 spiro atoms. The highest BCUT2D eigenvalue weighted by molar-refractivity contribution is 6.32. The smallest absolute Gasteiger partial charge is 0.260 e. The molecule has 2 aliphatic heterocycles. The van der Waals surface area contributed by atoms with Crippen LogP contribution in [0.5, 0.6) is 0 Å². The van der Waals surface area contributed by atoms with Crippen molar-refractivity contribution in [1.82, 2.24) is 9.97 Å². The summed E-state index contributed by atoms with van der Waals surface area (Å²) >= 11 is 5.85. The Morgan fingerprint density at radius 1 is 1.03 bits per heavy atom. The van der Waals surface area contributed by atoms with E-state index in [2.05, 4.69) is 15.3 Å². The molecule has 31 heavy (non-hydrogen) atoms. The van der Waals surface area contributed by atoms with Crippen molar-refractivity contribution in [1.29, 1.82) is 0 Å². The predicted molar refractivity (Wildman–Crippen MR) is 118 cm³/mol. The summed E-state index contributed by atoms with van der Waals surface area (Å²) in [5.41, 5.74) is 4.20. The Bertz CT molecular complexity index is 1280. The first-order valence-corrected chi connectivity index (χ1v) is 10.0. The number of nitrogens with zero attached hydrogens (tertiary/aromatic N) is 2. The Morgan fingerprint density at radius 3 is 2.52 bits per heavy atom. The number of allylic oxidation sites excluding steroid dienone is 1. The number of halogens is 2. The largest absolute Gasteiger partial charge is 0.482 e. The van der Waals surface area contributed by atoms with Crippen molar-refractivity contribution in [2.45, 2.75) is 19.4 Å². The topological polar surface area (TPSA) is 64.1 Å². The van der Waals surface area contributed by atoms with Crippen molar-refractivity contribution in [3.63, 3.8) is 0 Å². The van der Waals surface area contributed by atoms with Crippen LogP contribution in [-0.2, 0) is 9.53 Å². The molecule has 5 nitrogen and oxygen atoms in total. The Kier molecular flexibility index (Phi) is 4.41. The number of nitrogens with one attached hydrogen (secondary N) is 1. The van der Waals surface area contributed by atoms with Gasteiger partial charge in [0.1, 0.15) is 22.3 Å². The van der Waals surface area contributed by atoms with Crippen molar-refractivity contribution in [3.05, 3.63) is 88.8 Å².